The highest BCUT2D eigenvalue weighted by molar-refractivity contribution is 5.87. The first-order chi connectivity index (χ1) is 13.6. The Morgan fingerprint density at radius 2 is 1.89 bits per heavy atom. The number of rotatable bonds is 5. The van der Waals surface area contributed by atoms with Crippen molar-refractivity contribution in [2.45, 2.75) is 20.0 Å². The van der Waals surface area contributed by atoms with Gasteiger partial charge in [-0.3, -0.25) is 0 Å². The quantitative estimate of drug-likeness (QED) is 0.488. The second-order valence-electron chi connectivity index (χ2n) is 6.34. The summed E-state index contributed by atoms with van der Waals surface area (Å²) in [5, 5.41) is 8.00. The van der Waals surface area contributed by atoms with Gasteiger partial charge in [0, 0.05) is 11.6 Å². The predicted molar refractivity (Wildman–Crippen MR) is 101 cm³/mol. The Bertz CT molecular complexity index is 1020. The zero-order valence-electron chi connectivity index (χ0n) is 15.4. The number of aryl methyl sites for hydroxylation is 1. The Labute approximate surface area is 161 Å². The molecule has 0 N–H and O–H groups in total. The first-order valence-electron chi connectivity index (χ1n) is 8.77. The molecule has 0 bridgehead atoms. The summed E-state index contributed by atoms with van der Waals surface area (Å²) in [6.45, 7) is 3.89. The van der Waals surface area contributed by atoms with Gasteiger partial charge in [0.15, 0.2) is 17.6 Å². The van der Waals surface area contributed by atoms with E-state index in [9.17, 15) is 4.79 Å². The topological polar surface area (TPSA) is 83.7 Å². The maximum Gasteiger partial charge on any atom is 0.331 e. The lowest BCUT2D eigenvalue weighted by Crippen LogP contribution is -2.06. The van der Waals surface area contributed by atoms with Gasteiger partial charge >= 0.3 is 5.97 Å². The van der Waals surface area contributed by atoms with E-state index in [0.29, 0.717) is 17.4 Å². The fourth-order valence-electron chi connectivity index (χ4n) is 2.66. The van der Waals surface area contributed by atoms with Crippen LogP contribution in [0, 0.1) is 6.92 Å². The molecule has 7 nitrogen and oxygen atoms in total. The molecule has 4 rings (SSSR count). The smallest absolute Gasteiger partial charge is 0.331 e. The molecule has 2 heterocycles. The number of ether oxygens (including phenoxy) is 3. The summed E-state index contributed by atoms with van der Waals surface area (Å²) in [6, 6.07) is 13.1. The minimum atomic E-state index is -0.666. The van der Waals surface area contributed by atoms with Gasteiger partial charge in [-0.25, -0.2) is 4.79 Å². The van der Waals surface area contributed by atoms with E-state index >= 15 is 0 Å². The van der Waals surface area contributed by atoms with Gasteiger partial charge in [0.05, 0.1) is 0 Å². The summed E-state index contributed by atoms with van der Waals surface area (Å²) in [6.07, 6.45) is 2.31. The molecule has 3 aromatic rings. The third-order valence-corrected chi connectivity index (χ3v) is 4.19. The number of nitrogens with zero attached hydrogens (tertiary/aromatic N) is 2. The van der Waals surface area contributed by atoms with Crippen LogP contribution in [0.1, 0.15) is 30.0 Å². The second kappa shape index (κ2) is 7.56. The summed E-state index contributed by atoms with van der Waals surface area (Å²) >= 11 is 0. The molecule has 1 unspecified atom stereocenters. The van der Waals surface area contributed by atoms with E-state index in [1.54, 1.807) is 25.1 Å². The number of hydrogen-bond donors (Lipinski definition) is 0. The summed E-state index contributed by atoms with van der Waals surface area (Å²) in [5.74, 6) is 1.45. The molecule has 0 saturated carbocycles. The molecule has 1 atom stereocenters. The minimum absolute atomic E-state index is 0.205. The highest BCUT2D eigenvalue weighted by atomic mass is 16.7. The van der Waals surface area contributed by atoms with Crippen molar-refractivity contribution in [3.63, 3.8) is 0 Å². The van der Waals surface area contributed by atoms with Gasteiger partial charge < -0.3 is 18.6 Å². The van der Waals surface area contributed by atoms with Crippen LogP contribution in [0.3, 0.4) is 0 Å². The monoisotopic (exact) mass is 378 g/mol. The number of benzene rings is 2. The number of carbonyl (C=O) groups excluding carboxylic acids is 1. The zero-order valence-corrected chi connectivity index (χ0v) is 15.4. The van der Waals surface area contributed by atoms with E-state index in [2.05, 4.69) is 10.2 Å². The summed E-state index contributed by atoms with van der Waals surface area (Å²) < 4.78 is 21.5. The third kappa shape index (κ3) is 3.88. The molecule has 0 saturated heterocycles. The van der Waals surface area contributed by atoms with Crippen molar-refractivity contribution in [2.75, 3.05) is 6.79 Å². The van der Waals surface area contributed by atoms with Gasteiger partial charge in [-0.2, -0.15) is 0 Å². The Hall–Kier alpha value is -3.61. The van der Waals surface area contributed by atoms with Gasteiger partial charge in [-0.15, -0.1) is 10.2 Å². The standard InChI is InChI=1S/C21H18N2O5/c1-13-3-7-16(8-4-13)21-23-22-20(28-21)14(2)27-19(24)10-6-15-5-9-17-18(11-15)26-12-25-17/h3-11,14H,12H2,1-2H3/b10-6+. The largest absolute Gasteiger partial charge is 0.454 e. The minimum Gasteiger partial charge on any atom is -0.454 e. The van der Waals surface area contributed by atoms with Crippen molar-refractivity contribution in [2.24, 2.45) is 0 Å². The molecule has 142 valence electrons. The molecule has 0 spiro atoms. The third-order valence-electron chi connectivity index (χ3n) is 4.19. The average molecular weight is 378 g/mol. The molecule has 0 aliphatic carbocycles. The van der Waals surface area contributed by atoms with E-state index in [1.165, 1.54) is 6.08 Å². The lowest BCUT2D eigenvalue weighted by atomic mass is 10.1. The first kappa shape index (κ1) is 17.8. The van der Waals surface area contributed by atoms with Crippen LogP contribution in [0.2, 0.25) is 0 Å². The molecule has 1 aliphatic rings. The van der Waals surface area contributed by atoms with E-state index in [1.807, 2.05) is 37.3 Å². The van der Waals surface area contributed by atoms with Gasteiger partial charge in [0.1, 0.15) is 0 Å². The van der Waals surface area contributed by atoms with Crippen molar-refractivity contribution >= 4 is 12.0 Å². The number of esters is 1. The van der Waals surface area contributed by atoms with Crippen LogP contribution in [0.5, 0.6) is 11.5 Å². The second-order valence-corrected chi connectivity index (χ2v) is 6.34. The summed E-state index contributed by atoms with van der Waals surface area (Å²) in [7, 11) is 0. The molecular formula is C21H18N2O5. The van der Waals surface area contributed by atoms with Crippen LogP contribution >= 0.6 is 0 Å². The van der Waals surface area contributed by atoms with Crippen LogP contribution < -0.4 is 9.47 Å². The van der Waals surface area contributed by atoms with Crippen LogP contribution in [0.25, 0.3) is 17.5 Å². The molecule has 0 radical (unpaired) electrons. The van der Waals surface area contributed by atoms with Gasteiger partial charge in [-0.1, -0.05) is 23.8 Å². The van der Waals surface area contributed by atoms with Crippen molar-refractivity contribution in [3.8, 4) is 23.0 Å². The number of hydrogen-bond acceptors (Lipinski definition) is 7. The van der Waals surface area contributed by atoms with Crippen LogP contribution in [0.4, 0.5) is 0 Å². The van der Waals surface area contributed by atoms with Crippen molar-refractivity contribution in [3.05, 3.63) is 65.6 Å². The SMILES string of the molecule is Cc1ccc(-c2nnc(C(C)OC(=O)/C=C/c3ccc4c(c3)OCO4)o2)cc1. The summed E-state index contributed by atoms with van der Waals surface area (Å²) in [4.78, 5) is 12.1. The molecule has 1 aliphatic heterocycles. The molecule has 2 aromatic carbocycles. The number of aromatic nitrogens is 2. The van der Waals surface area contributed by atoms with Gasteiger partial charge in [0.25, 0.3) is 5.89 Å². The van der Waals surface area contributed by atoms with E-state index in [0.717, 1.165) is 16.7 Å². The average Bonchev–Trinajstić information content (AvgIpc) is 3.36. The van der Waals surface area contributed by atoms with E-state index < -0.39 is 12.1 Å². The Balaban J connectivity index is 1.38. The summed E-state index contributed by atoms with van der Waals surface area (Å²) in [5.41, 5.74) is 2.75. The Kier molecular flexibility index (Phi) is 4.80. The zero-order chi connectivity index (χ0) is 19.5. The fourth-order valence-corrected chi connectivity index (χ4v) is 2.66. The van der Waals surface area contributed by atoms with Crippen LogP contribution in [0.15, 0.2) is 53.0 Å². The van der Waals surface area contributed by atoms with Crippen LogP contribution in [-0.4, -0.2) is 23.0 Å². The van der Waals surface area contributed by atoms with Crippen molar-refractivity contribution in [1.82, 2.24) is 10.2 Å². The lowest BCUT2D eigenvalue weighted by Gasteiger charge is -2.06. The molecular weight excluding hydrogens is 360 g/mol. The lowest BCUT2D eigenvalue weighted by molar-refractivity contribution is -0.143. The normalized spacial score (nSPS) is 13.6. The molecule has 0 fully saturated rings. The number of carbonyl (C=O) groups is 1. The Morgan fingerprint density at radius 1 is 1.11 bits per heavy atom. The highest BCUT2D eigenvalue weighted by Crippen LogP contribution is 2.32. The maximum absolute atomic E-state index is 12.1. The number of fused-ring (bicyclic) bond motifs is 1. The molecule has 0 amide bonds. The fraction of sp³-hybridized carbons (Fsp3) is 0.190. The van der Waals surface area contributed by atoms with Crippen molar-refractivity contribution in [1.29, 1.82) is 0 Å². The first-order valence-corrected chi connectivity index (χ1v) is 8.77. The molecule has 1 aromatic heterocycles. The van der Waals surface area contributed by atoms with Crippen molar-refractivity contribution < 1.29 is 23.4 Å². The van der Waals surface area contributed by atoms with Crippen LogP contribution in [-0.2, 0) is 9.53 Å². The molecule has 7 heteroatoms. The predicted octanol–water partition coefficient (Wildman–Crippen LogP) is 4.09. The van der Waals surface area contributed by atoms with Gasteiger partial charge in [0.2, 0.25) is 12.7 Å². The Morgan fingerprint density at radius 3 is 2.71 bits per heavy atom. The maximum atomic E-state index is 12.1. The molecule has 28 heavy (non-hydrogen) atoms. The van der Waals surface area contributed by atoms with E-state index in [-0.39, 0.29) is 12.7 Å². The highest BCUT2D eigenvalue weighted by Gasteiger charge is 2.18. The van der Waals surface area contributed by atoms with Gasteiger partial charge in [-0.05, 0) is 49.8 Å². The van der Waals surface area contributed by atoms with E-state index in [4.69, 9.17) is 18.6 Å².